The second kappa shape index (κ2) is 8.69. The van der Waals surface area contributed by atoms with Crippen molar-refractivity contribution in [3.63, 3.8) is 0 Å². The molecular weight excluding hydrogens is 356 g/mol. The number of hydrogen-bond acceptors (Lipinski definition) is 4. The SMILES string of the molecule is CCCOc1ccc(N2CC(C(=O)Nc3cccc(C(C)=O)c3)CC2=O)cc1. The Morgan fingerprint density at radius 1 is 1.18 bits per heavy atom. The number of nitrogens with zero attached hydrogens (tertiary/aromatic N) is 1. The highest BCUT2D eigenvalue weighted by molar-refractivity contribution is 6.04. The first-order valence-corrected chi connectivity index (χ1v) is 9.43. The molecular formula is C22H24N2O4. The fraction of sp³-hybridized carbons (Fsp3) is 0.318. The van der Waals surface area contributed by atoms with Gasteiger partial charge in [0.05, 0.1) is 12.5 Å². The number of benzene rings is 2. The molecule has 1 atom stereocenters. The summed E-state index contributed by atoms with van der Waals surface area (Å²) in [4.78, 5) is 38.1. The minimum Gasteiger partial charge on any atom is -0.494 e. The Balaban J connectivity index is 1.64. The predicted octanol–water partition coefficient (Wildman–Crippen LogP) is 3.67. The number of ether oxygens (including phenoxy) is 1. The van der Waals surface area contributed by atoms with Gasteiger partial charge >= 0.3 is 0 Å². The van der Waals surface area contributed by atoms with E-state index in [9.17, 15) is 14.4 Å². The molecule has 1 fully saturated rings. The van der Waals surface area contributed by atoms with E-state index in [4.69, 9.17) is 4.74 Å². The largest absolute Gasteiger partial charge is 0.494 e. The van der Waals surface area contributed by atoms with Crippen LogP contribution in [0.1, 0.15) is 37.0 Å². The summed E-state index contributed by atoms with van der Waals surface area (Å²) in [5.41, 5.74) is 1.84. The molecule has 0 aliphatic carbocycles. The predicted molar refractivity (Wildman–Crippen MR) is 108 cm³/mol. The van der Waals surface area contributed by atoms with Crippen LogP contribution in [-0.4, -0.2) is 30.7 Å². The van der Waals surface area contributed by atoms with E-state index in [1.165, 1.54) is 6.92 Å². The molecule has 0 aromatic heterocycles. The zero-order valence-electron chi connectivity index (χ0n) is 16.1. The van der Waals surface area contributed by atoms with Crippen LogP contribution in [0.3, 0.4) is 0 Å². The number of carbonyl (C=O) groups excluding carboxylic acids is 3. The molecule has 0 radical (unpaired) electrons. The molecule has 1 saturated heterocycles. The van der Waals surface area contributed by atoms with E-state index in [2.05, 4.69) is 5.32 Å². The van der Waals surface area contributed by atoms with E-state index in [1.807, 2.05) is 31.2 Å². The lowest BCUT2D eigenvalue weighted by Gasteiger charge is -2.17. The van der Waals surface area contributed by atoms with Gasteiger partial charge in [-0.2, -0.15) is 0 Å². The quantitative estimate of drug-likeness (QED) is 0.744. The fourth-order valence-corrected chi connectivity index (χ4v) is 3.14. The van der Waals surface area contributed by atoms with E-state index in [0.717, 1.165) is 17.9 Å². The lowest BCUT2D eigenvalue weighted by molar-refractivity contribution is -0.122. The van der Waals surface area contributed by atoms with E-state index in [0.29, 0.717) is 24.4 Å². The second-order valence-electron chi connectivity index (χ2n) is 6.87. The minimum absolute atomic E-state index is 0.0651. The molecule has 1 aliphatic heterocycles. The molecule has 1 unspecified atom stereocenters. The van der Waals surface area contributed by atoms with Crippen molar-refractivity contribution in [3.05, 3.63) is 54.1 Å². The third kappa shape index (κ3) is 4.57. The van der Waals surface area contributed by atoms with Crippen molar-refractivity contribution in [2.45, 2.75) is 26.7 Å². The minimum atomic E-state index is -0.440. The Labute approximate surface area is 164 Å². The van der Waals surface area contributed by atoms with Gasteiger partial charge in [-0.1, -0.05) is 19.1 Å². The van der Waals surface area contributed by atoms with E-state index < -0.39 is 5.92 Å². The first-order chi connectivity index (χ1) is 13.5. The molecule has 1 heterocycles. The smallest absolute Gasteiger partial charge is 0.229 e. The van der Waals surface area contributed by atoms with Gasteiger partial charge in [-0.15, -0.1) is 0 Å². The number of Topliss-reactive ketones (excluding diaryl/α,β-unsaturated/α-hetero) is 1. The Morgan fingerprint density at radius 2 is 1.93 bits per heavy atom. The molecule has 0 spiro atoms. The number of nitrogens with one attached hydrogen (secondary N) is 1. The summed E-state index contributed by atoms with van der Waals surface area (Å²) in [5, 5.41) is 2.81. The summed E-state index contributed by atoms with van der Waals surface area (Å²) in [6.07, 6.45) is 1.09. The van der Waals surface area contributed by atoms with E-state index >= 15 is 0 Å². The van der Waals surface area contributed by atoms with Crippen molar-refractivity contribution >= 4 is 29.0 Å². The van der Waals surface area contributed by atoms with Crippen LogP contribution in [-0.2, 0) is 9.59 Å². The average molecular weight is 380 g/mol. The molecule has 3 rings (SSSR count). The van der Waals surface area contributed by atoms with Gasteiger partial charge in [0.25, 0.3) is 0 Å². The van der Waals surface area contributed by atoms with Crippen LogP contribution in [0.4, 0.5) is 11.4 Å². The van der Waals surface area contributed by atoms with Gasteiger partial charge in [0.2, 0.25) is 11.8 Å². The first-order valence-electron chi connectivity index (χ1n) is 9.43. The lowest BCUT2D eigenvalue weighted by atomic mass is 10.1. The van der Waals surface area contributed by atoms with Gasteiger partial charge in [-0.25, -0.2) is 0 Å². The van der Waals surface area contributed by atoms with Gasteiger partial charge in [-0.3, -0.25) is 14.4 Å². The molecule has 6 nitrogen and oxygen atoms in total. The van der Waals surface area contributed by atoms with Crippen LogP contribution in [0.25, 0.3) is 0 Å². The topological polar surface area (TPSA) is 75.7 Å². The Morgan fingerprint density at radius 3 is 2.61 bits per heavy atom. The third-order valence-electron chi connectivity index (χ3n) is 4.65. The van der Waals surface area contributed by atoms with Crippen molar-refractivity contribution in [3.8, 4) is 5.75 Å². The molecule has 28 heavy (non-hydrogen) atoms. The molecule has 2 aromatic rings. The van der Waals surface area contributed by atoms with Gasteiger partial charge in [0.1, 0.15) is 5.75 Å². The van der Waals surface area contributed by atoms with Crippen LogP contribution in [0.2, 0.25) is 0 Å². The zero-order chi connectivity index (χ0) is 20.1. The molecule has 0 saturated carbocycles. The summed E-state index contributed by atoms with van der Waals surface area (Å²) in [6.45, 7) is 4.49. The highest BCUT2D eigenvalue weighted by atomic mass is 16.5. The lowest BCUT2D eigenvalue weighted by Crippen LogP contribution is -2.28. The number of carbonyl (C=O) groups is 3. The highest BCUT2D eigenvalue weighted by Gasteiger charge is 2.35. The van der Waals surface area contributed by atoms with Crippen LogP contribution >= 0.6 is 0 Å². The monoisotopic (exact) mass is 380 g/mol. The zero-order valence-corrected chi connectivity index (χ0v) is 16.1. The van der Waals surface area contributed by atoms with Crippen molar-refractivity contribution in [1.29, 1.82) is 0 Å². The van der Waals surface area contributed by atoms with Crippen LogP contribution < -0.4 is 15.0 Å². The number of rotatable bonds is 7. The first kappa shape index (κ1) is 19.6. The van der Waals surface area contributed by atoms with Crippen LogP contribution in [0.5, 0.6) is 5.75 Å². The molecule has 6 heteroatoms. The Hall–Kier alpha value is -3.15. The number of hydrogen-bond donors (Lipinski definition) is 1. The maximum absolute atomic E-state index is 12.6. The van der Waals surface area contributed by atoms with E-state index in [-0.39, 0.29) is 24.0 Å². The maximum atomic E-state index is 12.6. The standard InChI is InChI=1S/C22H24N2O4/c1-3-11-28-20-9-7-19(8-10-20)24-14-17(13-21(24)26)22(27)23-18-6-4-5-16(12-18)15(2)25/h4-10,12,17H,3,11,13-14H2,1-2H3,(H,23,27). The number of anilines is 2. The highest BCUT2D eigenvalue weighted by Crippen LogP contribution is 2.28. The van der Waals surface area contributed by atoms with E-state index in [1.54, 1.807) is 29.2 Å². The van der Waals surface area contributed by atoms with Gasteiger partial charge in [0, 0.05) is 29.9 Å². The molecule has 146 valence electrons. The molecule has 2 aromatic carbocycles. The van der Waals surface area contributed by atoms with Gasteiger partial charge < -0.3 is 15.0 Å². The summed E-state index contributed by atoms with van der Waals surface area (Å²) in [6, 6.07) is 14.1. The Bertz CT molecular complexity index is 876. The van der Waals surface area contributed by atoms with Crippen molar-refractivity contribution < 1.29 is 19.1 Å². The summed E-state index contributed by atoms with van der Waals surface area (Å²) in [7, 11) is 0. The third-order valence-corrected chi connectivity index (χ3v) is 4.65. The average Bonchev–Trinajstić information content (AvgIpc) is 3.09. The molecule has 1 N–H and O–H groups in total. The number of amides is 2. The normalized spacial score (nSPS) is 16.1. The summed E-state index contributed by atoms with van der Waals surface area (Å²) in [5.74, 6) is -0.0506. The molecule has 2 amide bonds. The van der Waals surface area contributed by atoms with Gasteiger partial charge in [-0.05, 0) is 49.7 Å². The van der Waals surface area contributed by atoms with Crippen LogP contribution in [0, 0.1) is 5.92 Å². The van der Waals surface area contributed by atoms with Gasteiger partial charge in [0.15, 0.2) is 5.78 Å². The van der Waals surface area contributed by atoms with Crippen molar-refractivity contribution in [2.75, 3.05) is 23.4 Å². The van der Waals surface area contributed by atoms with Crippen molar-refractivity contribution in [1.82, 2.24) is 0 Å². The molecule has 0 bridgehead atoms. The Kier molecular flexibility index (Phi) is 6.09. The number of ketones is 1. The second-order valence-corrected chi connectivity index (χ2v) is 6.87. The van der Waals surface area contributed by atoms with Crippen molar-refractivity contribution in [2.24, 2.45) is 5.92 Å². The summed E-state index contributed by atoms with van der Waals surface area (Å²) < 4.78 is 5.56. The summed E-state index contributed by atoms with van der Waals surface area (Å²) >= 11 is 0. The van der Waals surface area contributed by atoms with Crippen LogP contribution in [0.15, 0.2) is 48.5 Å². The molecule has 1 aliphatic rings. The maximum Gasteiger partial charge on any atom is 0.229 e. The fourth-order valence-electron chi connectivity index (χ4n) is 3.14.